The summed E-state index contributed by atoms with van der Waals surface area (Å²) < 4.78 is 30.8. The number of hydrogen-bond acceptors (Lipinski definition) is 6. The first-order valence-electron chi connectivity index (χ1n) is 20.9. The molecule has 2 heterocycles. The van der Waals surface area contributed by atoms with Crippen LogP contribution < -0.4 is 9.80 Å². The van der Waals surface area contributed by atoms with Gasteiger partial charge in [-0.3, -0.25) is 19.2 Å². The first kappa shape index (κ1) is 45.7. The number of aromatic nitrogens is 2. The predicted octanol–water partition coefficient (Wildman–Crippen LogP) is 9.74. The summed E-state index contributed by atoms with van der Waals surface area (Å²) in [7, 11) is 0. The van der Waals surface area contributed by atoms with Crippen molar-refractivity contribution in [2.45, 2.75) is 71.0 Å². The van der Waals surface area contributed by atoms with Gasteiger partial charge in [-0.05, 0) is 92.1 Å². The van der Waals surface area contributed by atoms with Crippen molar-refractivity contribution in [2.75, 3.05) is 16.3 Å². The third-order valence-electron chi connectivity index (χ3n) is 10.9. The van der Waals surface area contributed by atoms with Crippen LogP contribution in [0.15, 0.2) is 121 Å². The van der Waals surface area contributed by atoms with Gasteiger partial charge in [0.25, 0.3) is 11.8 Å². The molecule has 0 bridgehead atoms. The molecule has 0 atom stereocenters. The van der Waals surface area contributed by atoms with Crippen LogP contribution in [0.25, 0.3) is 34.0 Å². The van der Waals surface area contributed by atoms with Crippen LogP contribution in [-0.2, 0) is 32.3 Å². The highest BCUT2D eigenvalue weighted by Crippen LogP contribution is 2.31. The molecule has 2 aromatic heterocycles. The second kappa shape index (κ2) is 21.3. The maximum absolute atomic E-state index is 14.0. The van der Waals surface area contributed by atoms with Crippen molar-refractivity contribution in [1.29, 1.82) is 10.5 Å². The van der Waals surface area contributed by atoms with Gasteiger partial charge in [0.1, 0.15) is 48.0 Å². The van der Waals surface area contributed by atoms with Crippen LogP contribution in [0.2, 0.25) is 0 Å². The lowest BCUT2D eigenvalue weighted by Crippen LogP contribution is -2.42. The highest BCUT2D eigenvalue weighted by Gasteiger charge is 2.29. The lowest BCUT2D eigenvalue weighted by Gasteiger charge is -2.34. The van der Waals surface area contributed by atoms with Gasteiger partial charge in [0, 0.05) is 69.3 Å². The number of benzene rings is 4. The van der Waals surface area contributed by atoms with Gasteiger partial charge < -0.3 is 29.1 Å². The number of fused-ring (bicyclic) bond motifs is 2. The summed E-state index contributed by atoms with van der Waals surface area (Å²) >= 11 is 0. The molecule has 0 aliphatic heterocycles. The summed E-state index contributed by atoms with van der Waals surface area (Å²) in [5.74, 6) is -3.94. The Balaban J connectivity index is 0.000000213. The summed E-state index contributed by atoms with van der Waals surface area (Å²) in [6, 6.07) is 30.4. The van der Waals surface area contributed by atoms with Crippen molar-refractivity contribution < 1.29 is 38.2 Å². The van der Waals surface area contributed by atoms with E-state index in [2.05, 4.69) is 0 Å². The minimum Gasteiger partial charge on any atom is -0.480 e. The Morgan fingerprint density at radius 1 is 0.688 bits per heavy atom. The minimum absolute atomic E-state index is 0.00352. The Hall–Kier alpha value is -7.84. The number of rotatable bonds is 14. The summed E-state index contributed by atoms with van der Waals surface area (Å²) in [6.45, 7) is 1.83. The quantitative estimate of drug-likeness (QED) is 0.0805. The van der Waals surface area contributed by atoms with Crippen LogP contribution in [0.3, 0.4) is 0 Å². The molecular weight excluding hydrogens is 819 g/mol. The van der Waals surface area contributed by atoms with Crippen LogP contribution in [0.5, 0.6) is 0 Å². The number of nitrogens with zero attached hydrogens (tertiary/aromatic N) is 6. The number of hydrogen-bond donors (Lipinski definition) is 2. The molecule has 14 heteroatoms. The smallest absolute Gasteiger partial charge is 0.323 e. The zero-order valence-corrected chi connectivity index (χ0v) is 35.2. The first-order valence-corrected chi connectivity index (χ1v) is 20.9. The topological polar surface area (TPSA) is 173 Å². The largest absolute Gasteiger partial charge is 0.480 e. The maximum Gasteiger partial charge on any atom is 0.323 e. The molecule has 4 aromatic carbocycles. The van der Waals surface area contributed by atoms with E-state index < -0.39 is 35.4 Å². The van der Waals surface area contributed by atoms with Gasteiger partial charge in [0.2, 0.25) is 0 Å². The first-order chi connectivity index (χ1) is 30.9. The number of carboxylic acid groups (broad SMARTS) is 2. The Morgan fingerprint density at radius 2 is 1.16 bits per heavy atom. The third kappa shape index (κ3) is 11.0. The van der Waals surface area contributed by atoms with E-state index in [1.54, 1.807) is 21.9 Å². The molecule has 6 aromatic rings. The minimum atomic E-state index is -1.05. The number of carboxylic acids is 2. The normalized spacial score (nSPS) is 13.1. The van der Waals surface area contributed by atoms with Gasteiger partial charge in [0.15, 0.2) is 0 Å². The highest BCUT2D eigenvalue weighted by molar-refractivity contribution is 6.13. The number of para-hydroxylation sites is 2. The second-order valence-electron chi connectivity index (χ2n) is 15.3. The lowest BCUT2D eigenvalue weighted by atomic mass is 9.93. The summed E-state index contributed by atoms with van der Waals surface area (Å²) in [4.78, 5) is 52.6. The molecule has 2 N–H and O–H groups in total. The van der Waals surface area contributed by atoms with Crippen molar-refractivity contribution in [2.24, 2.45) is 0 Å². The Kier molecular flexibility index (Phi) is 15.2. The number of halogens is 2. The maximum atomic E-state index is 14.0. The third-order valence-corrected chi connectivity index (χ3v) is 10.9. The molecule has 64 heavy (non-hydrogen) atoms. The molecule has 1 saturated carbocycles. The van der Waals surface area contributed by atoms with E-state index in [0.717, 1.165) is 50.6 Å². The van der Waals surface area contributed by atoms with Crippen molar-refractivity contribution in [3.63, 3.8) is 0 Å². The zero-order valence-electron chi connectivity index (χ0n) is 35.2. The van der Waals surface area contributed by atoms with Crippen molar-refractivity contribution >= 4 is 69.1 Å². The monoisotopic (exact) mass is 864 g/mol. The molecule has 12 nitrogen and oxygen atoms in total. The summed E-state index contributed by atoms with van der Waals surface area (Å²) in [5, 5.41) is 38.9. The molecular formula is C50H46F2N6O6. The second-order valence-corrected chi connectivity index (χ2v) is 15.3. The SMILES string of the molecule is CCCCN(C(=O)C(C#N)=Cc1cn(CC(=O)O)c2ccc(F)cc12)c1ccccc1.N#CC(=Cc1cn(CC(=O)O)c2ccc(F)cc12)C(=O)N(c1ccccc1)C1CCCCC1. The van der Waals surface area contributed by atoms with Crippen LogP contribution in [0.1, 0.15) is 63.0 Å². The van der Waals surface area contributed by atoms with Crippen molar-refractivity contribution in [3.05, 3.63) is 143 Å². The van der Waals surface area contributed by atoms with Gasteiger partial charge in [-0.15, -0.1) is 0 Å². The number of amides is 2. The van der Waals surface area contributed by atoms with Crippen molar-refractivity contribution in [1.82, 2.24) is 9.13 Å². The summed E-state index contributed by atoms with van der Waals surface area (Å²) in [6.07, 6.45) is 12.4. The van der Waals surface area contributed by atoms with E-state index in [9.17, 15) is 43.6 Å². The van der Waals surface area contributed by atoms with Gasteiger partial charge in [-0.25, -0.2) is 8.78 Å². The van der Waals surface area contributed by atoms with Gasteiger partial charge in [-0.1, -0.05) is 69.0 Å². The molecule has 0 spiro atoms. The van der Waals surface area contributed by atoms with Gasteiger partial charge >= 0.3 is 11.9 Å². The molecule has 1 aliphatic carbocycles. The number of unbranched alkanes of at least 4 members (excludes halogenated alkanes) is 1. The number of anilines is 2. The van der Waals surface area contributed by atoms with E-state index in [0.29, 0.717) is 45.2 Å². The Labute approximate surface area is 368 Å². The number of aliphatic carboxylic acids is 2. The average Bonchev–Trinajstić information content (AvgIpc) is 3.80. The number of nitriles is 2. The molecule has 0 unspecified atom stereocenters. The number of carbonyl (C=O) groups is 4. The average molecular weight is 865 g/mol. The van der Waals surface area contributed by atoms with Crippen LogP contribution in [-0.4, -0.2) is 55.7 Å². The van der Waals surface area contributed by atoms with Crippen LogP contribution in [0.4, 0.5) is 20.2 Å². The van der Waals surface area contributed by atoms with E-state index in [1.807, 2.05) is 67.6 Å². The van der Waals surface area contributed by atoms with Crippen molar-refractivity contribution in [3.8, 4) is 12.1 Å². The highest BCUT2D eigenvalue weighted by atomic mass is 19.1. The standard InChI is InChI=1S/C26H24FN3O3.C24H22FN3O3/c27-20-11-12-24-23(14-20)19(16-29(24)17-25(31)32)13-18(15-28)26(33)30(21-7-3-1-4-8-21)22-9-5-2-6-10-22;1-2-3-11-28(20-7-5-4-6-8-20)24(31)17(14-26)12-18-15-27(16-23(29)30)22-10-9-19(25)13-21(18)22/h1,3-4,7-8,11-14,16,22H,2,5-6,9-10,17H2,(H,31,32);4-10,12-13,15H,2-3,11,16H2,1H3,(H,29,30). The molecule has 326 valence electrons. The Bertz CT molecular complexity index is 2810. The fraction of sp³-hybridized carbons (Fsp3) is 0.240. The van der Waals surface area contributed by atoms with E-state index >= 15 is 0 Å². The fourth-order valence-corrected chi connectivity index (χ4v) is 7.94. The molecule has 0 radical (unpaired) electrons. The molecule has 1 fully saturated rings. The molecule has 7 rings (SSSR count). The van der Waals surface area contributed by atoms with E-state index in [4.69, 9.17) is 5.11 Å². The van der Waals surface area contributed by atoms with Crippen LogP contribution >= 0.6 is 0 Å². The van der Waals surface area contributed by atoms with E-state index in [-0.39, 0.29) is 30.3 Å². The predicted molar refractivity (Wildman–Crippen MR) is 241 cm³/mol. The number of carbonyl (C=O) groups excluding carboxylic acids is 2. The van der Waals surface area contributed by atoms with Gasteiger partial charge in [-0.2, -0.15) is 10.5 Å². The lowest BCUT2D eigenvalue weighted by molar-refractivity contribution is -0.138. The fourth-order valence-electron chi connectivity index (χ4n) is 7.94. The molecule has 2 amide bonds. The van der Waals surface area contributed by atoms with Gasteiger partial charge in [0.05, 0.1) is 0 Å². The van der Waals surface area contributed by atoms with E-state index in [1.165, 1.54) is 70.1 Å². The summed E-state index contributed by atoms with van der Waals surface area (Å²) in [5.41, 5.74) is 3.07. The Morgan fingerprint density at radius 3 is 1.61 bits per heavy atom. The van der Waals surface area contributed by atoms with Crippen LogP contribution in [0, 0.1) is 34.3 Å². The molecule has 1 aliphatic rings. The zero-order chi connectivity index (χ0) is 45.8. The molecule has 0 saturated heterocycles.